The molecule has 1 unspecified atom stereocenters. The molecule has 0 aliphatic rings. The van der Waals surface area contributed by atoms with Gasteiger partial charge in [-0.1, -0.05) is 22.9 Å². The maximum absolute atomic E-state index is 13.0. The average Bonchev–Trinajstić information content (AvgIpc) is 2.28. The van der Waals surface area contributed by atoms with Crippen LogP contribution in [0, 0.1) is 23.1 Å². The van der Waals surface area contributed by atoms with Crippen LogP contribution in [-0.4, -0.2) is 5.78 Å². The lowest BCUT2D eigenvalue weighted by Gasteiger charge is -2.11. The molecular weight excluding hydrogens is 273 g/mol. The van der Waals surface area contributed by atoms with E-state index in [1.807, 2.05) is 13.0 Å². The normalized spacial score (nSPS) is 11.9. The molecule has 0 spiro atoms. The van der Waals surface area contributed by atoms with Gasteiger partial charge in [-0.25, -0.2) is 4.39 Å². The highest BCUT2D eigenvalue weighted by Gasteiger charge is 2.20. The number of rotatable bonds is 4. The molecule has 0 bridgehead atoms. The second-order valence-electron chi connectivity index (χ2n) is 3.46. The van der Waals surface area contributed by atoms with Crippen molar-refractivity contribution in [3.8, 4) is 6.07 Å². The average molecular weight is 284 g/mol. The Kier molecular flexibility index (Phi) is 4.63. The van der Waals surface area contributed by atoms with Crippen molar-refractivity contribution in [2.75, 3.05) is 0 Å². The van der Waals surface area contributed by atoms with E-state index in [-0.39, 0.29) is 18.1 Å². The van der Waals surface area contributed by atoms with Crippen molar-refractivity contribution in [1.29, 1.82) is 5.26 Å². The molecule has 1 rings (SSSR count). The topological polar surface area (TPSA) is 40.9 Å². The van der Waals surface area contributed by atoms with Crippen LogP contribution in [0.25, 0.3) is 0 Å². The van der Waals surface area contributed by atoms with Gasteiger partial charge in [0.2, 0.25) is 0 Å². The molecule has 0 amide bonds. The van der Waals surface area contributed by atoms with E-state index in [0.717, 1.165) is 0 Å². The molecular formula is C12H11BrFNO. The van der Waals surface area contributed by atoms with E-state index in [0.29, 0.717) is 16.5 Å². The maximum Gasteiger partial charge on any atom is 0.168 e. The second-order valence-corrected chi connectivity index (χ2v) is 4.31. The molecule has 84 valence electrons. The van der Waals surface area contributed by atoms with Crippen LogP contribution in [0.2, 0.25) is 0 Å². The van der Waals surface area contributed by atoms with Gasteiger partial charge in [-0.05, 0) is 24.6 Å². The summed E-state index contributed by atoms with van der Waals surface area (Å²) in [5, 5.41) is 8.60. The summed E-state index contributed by atoms with van der Waals surface area (Å²) in [6, 6.07) is 5.96. The Hall–Kier alpha value is -1.21. The van der Waals surface area contributed by atoms with E-state index in [1.54, 1.807) is 0 Å². The van der Waals surface area contributed by atoms with E-state index in [9.17, 15) is 9.18 Å². The Balaban J connectivity index is 3.03. The zero-order chi connectivity index (χ0) is 12.1. The molecule has 0 heterocycles. The first-order valence-corrected chi connectivity index (χ1v) is 5.75. The summed E-state index contributed by atoms with van der Waals surface area (Å²) in [5.74, 6) is -0.989. The number of Topliss-reactive ketones (excluding diaryl/α,β-unsaturated/α-hetero) is 1. The first kappa shape index (κ1) is 12.9. The van der Waals surface area contributed by atoms with Crippen LogP contribution < -0.4 is 0 Å². The van der Waals surface area contributed by atoms with E-state index < -0.39 is 5.82 Å². The van der Waals surface area contributed by atoms with Crippen LogP contribution in [0.15, 0.2) is 22.7 Å². The summed E-state index contributed by atoms with van der Waals surface area (Å²) in [6.45, 7) is 1.84. The molecule has 0 saturated heterocycles. The summed E-state index contributed by atoms with van der Waals surface area (Å²) < 4.78 is 13.6. The molecule has 0 aliphatic heterocycles. The van der Waals surface area contributed by atoms with Crippen molar-refractivity contribution in [2.45, 2.75) is 19.8 Å². The highest BCUT2D eigenvalue weighted by Crippen LogP contribution is 2.23. The van der Waals surface area contributed by atoms with E-state index in [4.69, 9.17) is 5.26 Å². The first-order valence-electron chi connectivity index (χ1n) is 4.96. The Morgan fingerprint density at radius 3 is 2.88 bits per heavy atom. The molecule has 16 heavy (non-hydrogen) atoms. The van der Waals surface area contributed by atoms with Crippen LogP contribution in [0.5, 0.6) is 0 Å². The zero-order valence-corrected chi connectivity index (χ0v) is 10.4. The number of carbonyl (C=O) groups is 1. The minimum atomic E-state index is -0.446. The van der Waals surface area contributed by atoms with E-state index in [1.165, 1.54) is 18.2 Å². The Morgan fingerprint density at radius 2 is 2.31 bits per heavy atom. The van der Waals surface area contributed by atoms with Crippen molar-refractivity contribution in [2.24, 2.45) is 5.92 Å². The number of hydrogen-bond acceptors (Lipinski definition) is 2. The van der Waals surface area contributed by atoms with Crippen molar-refractivity contribution in [1.82, 2.24) is 0 Å². The standard InChI is InChI=1S/C12H11BrFNO/c1-2-8(5-6-15)12(16)10-7-9(14)3-4-11(10)13/h3-4,7-8H,2,5H2,1H3. The molecule has 1 atom stereocenters. The fourth-order valence-corrected chi connectivity index (χ4v) is 1.88. The zero-order valence-electron chi connectivity index (χ0n) is 8.84. The summed E-state index contributed by atoms with van der Waals surface area (Å²) in [4.78, 5) is 12.0. The third kappa shape index (κ3) is 2.89. The van der Waals surface area contributed by atoms with Gasteiger partial charge < -0.3 is 0 Å². The van der Waals surface area contributed by atoms with Gasteiger partial charge in [0.15, 0.2) is 5.78 Å². The van der Waals surface area contributed by atoms with Gasteiger partial charge in [-0.3, -0.25) is 4.79 Å². The number of hydrogen-bond donors (Lipinski definition) is 0. The Labute approximate surface area is 102 Å². The molecule has 4 heteroatoms. The largest absolute Gasteiger partial charge is 0.294 e. The number of ketones is 1. The quantitative estimate of drug-likeness (QED) is 0.791. The number of nitrogens with zero attached hydrogens (tertiary/aromatic N) is 1. The lowest BCUT2D eigenvalue weighted by Crippen LogP contribution is -2.14. The highest BCUT2D eigenvalue weighted by molar-refractivity contribution is 9.10. The van der Waals surface area contributed by atoms with Gasteiger partial charge in [0.05, 0.1) is 6.07 Å². The maximum atomic E-state index is 13.0. The SMILES string of the molecule is CCC(CC#N)C(=O)c1cc(F)ccc1Br. The summed E-state index contributed by atoms with van der Waals surface area (Å²) in [7, 11) is 0. The predicted molar refractivity (Wildman–Crippen MR) is 62.4 cm³/mol. The fraction of sp³-hybridized carbons (Fsp3) is 0.333. The third-order valence-corrected chi connectivity index (χ3v) is 3.09. The van der Waals surface area contributed by atoms with Crippen molar-refractivity contribution >= 4 is 21.7 Å². The summed E-state index contributed by atoms with van der Waals surface area (Å²) in [6.07, 6.45) is 0.744. The number of halogens is 2. The molecule has 0 N–H and O–H groups in total. The minimum absolute atomic E-state index is 0.165. The van der Waals surface area contributed by atoms with Crippen LogP contribution in [0.4, 0.5) is 4.39 Å². The number of nitriles is 1. The van der Waals surface area contributed by atoms with Crippen molar-refractivity contribution in [3.05, 3.63) is 34.1 Å². The molecule has 1 aromatic rings. The van der Waals surface area contributed by atoms with Gasteiger partial charge in [0, 0.05) is 22.4 Å². The summed E-state index contributed by atoms with van der Waals surface area (Å²) in [5.41, 5.74) is 0.308. The molecule has 0 aromatic heterocycles. The number of benzene rings is 1. The molecule has 2 nitrogen and oxygen atoms in total. The van der Waals surface area contributed by atoms with Crippen LogP contribution in [0.1, 0.15) is 30.1 Å². The minimum Gasteiger partial charge on any atom is -0.294 e. The van der Waals surface area contributed by atoms with Crippen molar-refractivity contribution in [3.63, 3.8) is 0 Å². The van der Waals surface area contributed by atoms with Gasteiger partial charge in [-0.15, -0.1) is 0 Å². The fourth-order valence-electron chi connectivity index (χ4n) is 1.44. The molecule has 0 fully saturated rings. The van der Waals surface area contributed by atoms with Crippen LogP contribution in [0.3, 0.4) is 0 Å². The smallest absolute Gasteiger partial charge is 0.168 e. The molecule has 1 aromatic carbocycles. The molecule has 0 aliphatic carbocycles. The van der Waals surface area contributed by atoms with Crippen LogP contribution >= 0.6 is 15.9 Å². The van der Waals surface area contributed by atoms with Gasteiger partial charge in [0.1, 0.15) is 5.82 Å². The first-order chi connectivity index (χ1) is 7.60. The molecule has 0 radical (unpaired) electrons. The lowest BCUT2D eigenvalue weighted by atomic mass is 9.93. The summed E-state index contributed by atoms with van der Waals surface area (Å²) >= 11 is 3.21. The van der Waals surface area contributed by atoms with Gasteiger partial charge in [-0.2, -0.15) is 5.26 Å². The second kappa shape index (κ2) is 5.76. The van der Waals surface area contributed by atoms with E-state index in [2.05, 4.69) is 15.9 Å². The van der Waals surface area contributed by atoms with E-state index >= 15 is 0 Å². The lowest BCUT2D eigenvalue weighted by molar-refractivity contribution is 0.0917. The molecule has 0 saturated carbocycles. The predicted octanol–water partition coefficient (Wildman–Crippen LogP) is 3.71. The van der Waals surface area contributed by atoms with Gasteiger partial charge in [0.25, 0.3) is 0 Å². The van der Waals surface area contributed by atoms with Crippen LogP contribution in [-0.2, 0) is 0 Å². The Bertz CT molecular complexity index is 439. The van der Waals surface area contributed by atoms with Crippen molar-refractivity contribution < 1.29 is 9.18 Å². The number of carbonyl (C=O) groups excluding carboxylic acids is 1. The van der Waals surface area contributed by atoms with Gasteiger partial charge >= 0.3 is 0 Å². The Morgan fingerprint density at radius 1 is 1.62 bits per heavy atom. The monoisotopic (exact) mass is 283 g/mol. The highest BCUT2D eigenvalue weighted by atomic mass is 79.9. The third-order valence-electron chi connectivity index (χ3n) is 2.40.